The first kappa shape index (κ1) is 21.6. The topological polar surface area (TPSA) is 117 Å². The highest BCUT2D eigenvalue weighted by Crippen LogP contribution is 2.36. The number of aryl methyl sites for hydroxylation is 1. The van der Waals surface area contributed by atoms with Crippen molar-refractivity contribution in [1.82, 2.24) is 25.6 Å². The molecule has 0 bridgehead atoms. The number of hydrogen-bond donors (Lipinski definition) is 3. The van der Waals surface area contributed by atoms with Crippen molar-refractivity contribution in [2.45, 2.75) is 19.0 Å². The second kappa shape index (κ2) is 8.27. The van der Waals surface area contributed by atoms with Crippen molar-refractivity contribution in [1.29, 1.82) is 0 Å². The van der Waals surface area contributed by atoms with E-state index in [9.17, 15) is 18.0 Å². The van der Waals surface area contributed by atoms with Crippen LogP contribution in [0.3, 0.4) is 0 Å². The molecular formula is C23H16F3N5O3. The summed E-state index contributed by atoms with van der Waals surface area (Å²) in [5.41, 5.74) is 3.51. The summed E-state index contributed by atoms with van der Waals surface area (Å²) in [5.74, 6) is -0.321. The maximum Gasteiger partial charge on any atom is 0.416 e. The van der Waals surface area contributed by atoms with E-state index in [0.717, 1.165) is 28.4 Å². The van der Waals surface area contributed by atoms with Crippen molar-refractivity contribution in [2.24, 2.45) is 0 Å². The second-order valence-corrected chi connectivity index (χ2v) is 7.56. The Hall–Kier alpha value is -4.25. The third-order valence-corrected chi connectivity index (χ3v) is 5.36. The number of nitrogens with one attached hydrogen (secondary N) is 2. The number of amides is 1. The molecule has 0 atom stereocenters. The van der Waals surface area contributed by atoms with Crippen LogP contribution >= 0.6 is 0 Å². The minimum Gasteiger partial charge on any atom is -0.419 e. The van der Waals surface area contributed by atoms with E-state index in [0.29, 0.717) is 22.5 Å². The van der Waals surface area contributed by atoms with Gasteiger partial charge in [-0.2, -0.15) is 13.2 Å². The van der Waals surface area contributed by atoms with Gasteiger partial charge < -0.3 is 9.40 Å². The van der Waals surface area contributed by atoms with Gasteiger partial charge in [0.2, 0.25) is 11.8 Å². The van der Waals surface area contributed by atoms with E-state index in [4.69, 9.17) is 9.62 Å². The Kier molecular flexibility index (Phi) is 5.25. The number of hydrogen-bond acceptors (Lipinski definition) is 6. The molecule has 11 heteroatoms. The molecule has 2 aromatic carbocycles. The molecule has 0 radical (unpaired) electrons. The van der Waals surface area contributed by atoms with Crippen LogP contribution in [0, 0.1) is 0 Å². The van der Waals surface area contributed by atoms with E-state index in [1.807, 2.05) is 24.3 Å². The van der Waals surface area contributed by atoms with E-state index in [1.165, 1.54) is 17.6 Å². The van der Waals surface area contributed by atoms with Crippen molar-refractivity contribution in [3.8, 4) is 22.8 Å². The smallest absolute Gasteiger partial charge is 0.416 e. The Morgan fingerprint density at radius 1 is 1.06 bits per heavy atom. The van der Waals surface area contributed by atoms with Crippen LogP contribution in [-0.4, -0.2) is 31.3 Å². The summed E-state index contributed by atoms with van der Waals surface area (Å²) in [6, 6.07) is 14.1. The molecule has 0 saturated heterocycles. The summed E-state index contributed by atoms with van der Waals surface area (Å²) in [7, 11) is 0. The minimum atomic E-state index is -4.45. The molecule has 172 valence electrons. The molecule has 3 heterocycles. The molecule has 3 aromatic heterocycles. The number of H-pyrrole nitrogens is 1. The van der Waals surface area contributed by atoms with E-state index < -0.39 is 17.6 Å². The standard InChI is InChI=1S/C23H16F3N5O3/c24-23(25,26)13-7-5-12(6-8-13)20-21-15(14-3-1-2-4-16(14)27-21)11-17(28-20)22-30-29-19(34-22)10-9-18(32)31-33/h1-8,11,27,33H,9-10H2,(H,31,32). The van der Waals surface area contributed by atoms with Gasteiger partial charge in [-0.3, -0.25) is 10.0 Å². The molecule has 0 aliphatic carbocycles. The molecule has 0 fully saturated rings. The maximum atomic E-state index is 13.0. The van der Waals surface area contributed by atoms with Gasteiger partial charge in [-0.05, 0) is 24.3 Å². The number of pyridine rings is 1. The van der Waals surface area contributed by atoms with Gasteiger partial charge >= 0.3 is 6.18 Å². The average Bonchev–Trinajstić information content (AvgIpc) is 3.46. The largest absolute Gasteiger partial charge is 0.419 e. The summed E-state index contributed by atoms with van der Waals surface area (Å²) in [6.07, 6.45) is -4.39. The van der Waals surface area contributed by atoms with Crippen LogP contribution in [0.15, 0.2) is 59.0 Å². The van der Waals surface area contributed by atoms with Crippen LogP contribution in [0.25, 0.3) is 44.6 Å². The normalized spacial score (nSPS) is 11.9. The molecule has 3 N–H and O–H groups in total. The summed E-state index contributed by atoms with van der Waals surface area (Å²) < 4.78 is 44.8. The highest BCUT2D eigenvalue weighted by Gasteiger charge is 2.30. The van der Waals surface area contributed by atoms with Crippen LogP contribution in [-0.2, 0) is 17.4 Å². The van der Waals surface area contributed by atoms with Gasteiger partial charge in [0.1, 0.15) is 5.69 Å². The van der Waals surface area contributed by atoms with Gasteiger partial charge in [-0.15, -0.1) is 10.2 Å². The Morgan fingerprint density at radius 2 is 1.82 bits per heavy atom. The fourth-order valence-electron chi connectivity index (χ4n) is 3.72. The van der Waals surface area contributed by atoms with Crippen molar-refractivity contribution < 1.29 is 27.6 Å². The van der Waals surface area contributed by atoms with E-state index >= 15 is 0 Å². The van der Waals surface area contributed by atoms with E-state index in [1.54, 1.807) is 6.07 Å². The van der Waals surface area contributed by atoms with Crippen molar-refractivity contribution in [3.63, 3.8) is 0 Å². The van der Waals surface area contributed by atoms with Gasteiger partial charge in [-0.25, -0.2) is 10.5 Å². The first-order chi connectivity index (χ1) is 16.3. The van der Waals surface area contributed by atoms with Crippen LogP contribution < -0.4 is 5.48 Å². The van der Waals surface area contributed by atoms with Crippen LogP contribution in [0.2, 0.25) is 0 Å². The number of aromatic amines is 1. The minimum absolute atomic E-state index is 0.0517. The summed E-state index contributed by atoms with van der Waals surface area (Å²) in [6.45, 7) is 0. The molecule has 8 nitrogen and oxygen atoms in total. The van der Waals surface area contributed by atoms with E-state index in [2.05, 4.69) is 20.2 Å². The molecule has 1 amide bonds. The highest BCUT2D eigenvalue weighted by molar-refractivity contribution is 6.11. The lowest BCUT2D eigenvalue weighted by Gasteiger charge is -2.09. The zero-order valence-electron chi connectivity index (χ0n) is 17.3. The summed E-state index contributed by atoms with van der Waals surface area (Å²) >= 11 is 0. The molecule has 5 aromatic rings. The Bertz CT molecular complexity index is 1510. The molecule has 0 saturated carbocycles. The SMILES string of the molecule is O=C(CCc1nnc(-c2cc3c([nH]c4ccccc43)c(-c3ccc(C(F)(F)F)cc3)n2)o1)NO. The van der Waals surface area contributed by atoms with Gasteiger partial charge in [0.25, 0.3) is 5.89 Å². The summed E-state index contributed by atoms with van der Waals surface area (Å²) in [4.78, 5) is 19.2. The quantitative estimate of drug-likeness (QED) is 0.250. The predicted octanol–water partition coefficient (Wildman–Crippen LogP) is 4.89. The fraction of sp³-hybridized carbons (Fsp3) is 0.130. The number of rotatable bonds is 5. The second-order valence-electron chi connectivity index (χ2n) is 7.56. The van der Waals surface area contributed by atoms with Gasteiger partial charge in [-0.1, -0.05) is 30.3 Å². The Balaban J connectivity index is 1.63. The molecule has 0 aliphatic rings. The fourth-order valence-corrected chi connectivity index (χ4v) is 3.72. The number of benzene rings is 2. The van der Waals surface area contributed by atoms with Crippen LogP contribution in [0.4, 0.5) is 13.2 Å². The molecule has 5 rings (SSSR count). The molecule has 34 heavy (non-hydrogen) atoms. The number of hydroxylamine groups is 1. The third kappa shape index (κ3) is 3.97. The molecule has 0 aliphatic heterocycles. The molecule has 0 spiro atoms. The highest BCUT2D eigenvalue weighted by atomic mass is 19.4. The monoisotopic (exact) mass is 467 g/mol. The lowest BCUT2D eigenvalue weighted by Crippen LogP contribution is -2.18. The lowest BCUT2D eigenvalue weighted by molar-refractivity contribution is -0.137. The molecular weight excluding hydrogens is 451 g/mol. The Morgan fingerprint density at radius 3 is 2.56 bits per heavy atom. The average molecular weight is 467 g/mol. The number of aromatic nitrogens is 4. The zero-order valence-corrected chi connectivity index (χ0v) is 17.3. The van der Waals surface area contributed by atoms with Gasteiger partial charge in [0, 0.05) is 34.7 Å². The summed E-state index contributed by atoms with van der Waals surface area (Å²) in [5, 5.41) is 18.2. The van der Waals surface area contributed by atoms with Crippen molar-refractivity contribution in [3.05, 3.63) is 66.1 Å². The predicted molar refractivity (Wildman–Crippen MR) is 116 cm³/mol. The number of carbonyl (C=O) groups excluding carboxylic acids is 1. The number of alkyl halides is 3. The zero-order chi connectivity index (χ0) is 23.9. The third-order valence-electron chi connectivity index (χ3n) is 5.36. The Labute approximate surface area is 189 Å². The number of para-hydroxylation sites is 1. The van der Waals surface area contributed by atoms with Crippen LogP contribution in [0.5, 0.6) is 0 Å². The van der Waals surface area contributed by atoms with E-state index in [-0.39, 0.29) is 24.6 Å². The lowest BCUT2D eigenvalue weighted by atomic mass is 10.0. The maximum absolute atomic E-state index is 13.0. The molecule has 0 unspecified atom stereocenters. The number of fused-ring (bicyclic) bond motifs is 3. The number of carbonyl (C=O) groups is 1. The first-order valence-electron chi connectivity index (χ1n) is 10.2. The number of nitrogens with zero attached hydrogens (tertiary/aromatic N) is 3. The van der Waals surface area contributed by atoms with Crippen molar-refractivity contribution in [2.75, 3.05) is 0 Å². The number of halogens is 3. The van der Waals surface area contributed by atoms with Crippen molar-refractivity contribution >= 4 is 27.7 Å². The first-order valence-corrected chi connectivity index (χ1v) is 10.2. The van der Waals surface area contributed by atoms with Crippen LogP contribution in [0.1, 0.15) is 17.9 Å². The van der Waals surface area contributed by atoms with Gasteiger partial charge in [0.05, 0.1) is 16.8 Å². The van der Waals surface area contributed by atoms with Gasteiger partial charge in [0.15, 0.2) is 0 Å².